The molecule has 14 heteroatoms. The van der Waals surface area contributed by atoms with Crippen molar-refractivity contribution in [1.29, 1.82) is 0 Å². The Morgan fingerprint density at radius 3 is 1.28 bits per heavy atom. The van der Waals surface area contributed by atoms with E-state index >= 15 is 0 Å². The molecule has 7 N–H and O–H groups in total. The fraction of sp³-hybridized carbons (Fsp3) is 0.759. The highest BCUT2D eigenvalue weighted by Crippen LogP contribution is 2.12. The Hall–Kier alpha value is -3.71. The molecular weight excluding hydrogens is 566 g/mol. The van der Waals surface area contributed by atoms with Crippen molar-refractivity contribution in [3.63, 3.8) is 0 Å². The highest BCUT2D eigenvalue weighted by atomic mass is 16.4. The Kier molecular flexibility index (Phi) is 21.8. The highest BCUT2D eigenvalue weighted by Gasteiger charge is 2.28. The predicted molar refractivity (Wildman–Crippen MR) is 155 cm³/mol. The first-order valence-electron chi connectivity index (χ1n) is 15.2. The number of amides is 3. The van der Waals surface area contributed by atoms with Crippen LogP contribution in [0.15, 0.2) is 0 Å². The summed E-state index contributed by atoms with van der Waals surface area (Å²) in [5.74, 6) is -7.64. The summed E-state index contributed by atoms with van der Waals surface area (Å²) in [7, 11) is 0. The molecule has 0 rings (SSSR count). The molecule has 0 aromatic heterocycles. The third-order valence-corrected chi connectivity index (χ3v) is 6.86. The maximum Gasteiger partial charge on any atom is 0.326 e. The van der Waals surface area contributed by atoms with Crippen LogP contribution in [0.1, 0.15) is 122 Å². The number of carboxylic acid groups (broad SMARTS) is 4. The van der Waals surface area contributed by atoms with E-state index in [0.717, 1.165) is 25.7 Å². The predicted octanol–water partition coefficient (Wildman–Crippen LogP) is 2.82. The summed E-state index contributed by atoms with van der Waals surface area (Å²) in [5.41, 5.74) is 0. The molecule has 0 heterocycles. The van der Waals surface area contributed by atoms with E-state index < -0.39 is 85.4 Å². The number of carboxylic acids is 4. The van der Waals surface area contributed by atoms with E-state index in [4.69, 9.17) is 10.2 Å². The van der Waals surface area contributed by atoms with Crippen LogP contribution in [-0.4, -0.2) is 80.2 Å². The first kappa shape index (κ1) is 39.3. The van der Waals surface area contributed by atoms with Crippen LogP contribution in [0.25, 0.3) is 0 Å². The highest BCUT2D eigenvalue weighted by molar-refractivity contribution is 5.91. The number of nitrogens with one attached hydrogen (secondary N) is 3. The quantitative estimate of drug-likeness (QED) is 0.0663. The lowest BCUT2D eigenvalue weighted by Crippen LogP contribution is -2.52. The van der Waals surface area contributed by atoms with Gasteiger partial charge in [-0.05, 0) is 25.7 Å². The largest absolute Gasteiger partial charge is 0.481 e. The molecule has 3 atom stereocenters. The standard InChI is InChI=1S/C29H49N3O11/c1-2-3-4-5-6-7-8-9-10-11-12-13-23(33)30-20(27(39)32-22(29(42)43)16-19-26(37)38)14-17-24(34)31-21(28(40)41)15-18-25(35)36/h20-22H,2-19H2,1H3,(H,30,33)(H,31,34)(H,32,39)(H,35,36)(H,37,38)(H,40,41)(H,42,43)/t20-,21-,22-/m0/s1. The van der Waals surface area contributed by atoms with E-state index in [0.29, 0.717) is 6.42 Å². The van der Waals surface area contributed by atoms with Gasteiger partial charge in [0.05, 0.1) is 0 Å². The summed E-state index contributed by atoms with van der Waals surface area (Å²) in [5, 5.41) is 43.1. The number of carbonyl (C=O) groups is 7. The van der Waals surface area contributed by atoms with Gasteiger partial charge < -0.3 is 36.4 Å². The fourth-order valence-electron chi connectivity index (χ4n) is 4.35. The fourth-order valence-corrected chi connectivity index (χ4v) is 4.35. The SMILES string of the molecule is CCCCCCCCCCCCCC(=O)N[C@@H](CCC(=O)N[C@@H](CCC(=O)O)C(=O)O)C(=O)N[C@@H](CCC(=O)O)C(=O)O. The smallest absolute Gasteiger partial charge is 0.326 e. The van der Waals surface area contributed by atoms with Crippen molar-refractivity contribution in [3.05, 3.63) is 0 Å². The molecule has 43 heavy (non-hydrogen) atoms. The molecular formula is C29H49N3O11. The minimum atomic E-state index is -1.55. The maximum atomic E-state index is 12.9. The molecule has 0 aliphatic carbocycles. The van der Waals surface area contributed by atoms with Crippen LogP contribution in [0, 0.1) is 0 Å². The van der Waals surface area contributed by atoms with E-state index in [1.54, 1.807) is 0 Å². The topological polar surface area (TPSA) is 236 Å². The number of carbonyl (C=O) groups excluding carboxylic acids is 3. The van der Waals surface area contributed by atoms with Crippen molar-refractivity contribution in [2.45, 2.75) is 141 Å². The molecule has 0 aromatic rings. The molecule has 0 bridgehead atoms. The van der Waals surface area contributed by atoms with Gasteiger partial charge in [-0.2, -0.15) is 0 Å². The number of aliphatic carboxylic acids is 4. The molecule has 0 spiro atoms. The van der Waals surface area contributed by atoms with Crippen molar-refractivity contribution in [2.75, 3.05) is 0 Å². The summed E-state index contributed by atoms with van der Waals surface area (Å²) < 4.78 is 0. The molecule has 0 saturated heterocycles. The second-order valence-corrected chi connectivity index (χ2v) is 10.7. The molecule has 0 aromatic carbocycles. The Morgan fingerprint density at radius 2 is 0.837 bits per heavy atom. The van der Waals surface area contributed by atoms with Gasteiger partial charge in [0.25, 0.3) is 0 Å². The zero-order valence-corrected chi connectivity index (χ0v) is 25.1. The van der Waals surface area contributed by atoms with Gasteiger partial charge in [0.15, 0.2) is 0 Å². The first-order valence-corrected chi connectivity index (χ1v) is 15.2. The van der Waals surface area contributed by atoms with E-state index in [-0.39, 0.29) is 19.3 Å². The molecule has 0 radical (unpaired) electrons. The van der Waals surface area contributed by atoms with Gasteiger partial charge in [-0.25, -0.2) is 9.59 Å². The first-order chi connectivity index (χ1) is 20.4. The van der Waals surface area contributed by atoms with Crippen LogP contribution >= 0.6 is 0 Å². The second kappa shape index (κ2) is 23.8. The normalized spacial score (nSPS) is 12.9. The van der Waals surface area contributed by atoms with Crippen LogP contribution < -0.4 is 16.0 Å². The van der Waals surface area contributed by atoms with Crippen molar-refractivity contribution >= 4 is 41.6 Å². The van der Waals surface area contributed by atoms with E-state index in [2.05, 4.69) is 22.9 Å². The maximum absolute atomic E-state index is 12.9. The number of unbranched alkanes of at least 4 members (excludes halogenated alkanes) is 10. The molecule has 14 nitrogen and oxygen atoms in total. The second-order valence-electron chi connectivity index (χ2n) is 10.7. The number of hydrogen-bond donors (Lipinski definition) is 7. The van der Waals surface area contributed by atoms with Gasteiger partial charge in [0.1, 0.15) is 18.1 Å². The van der Waals surface area contributed by atoms with Gasteiger partial charge >= 0.3 is 23.9 Å². The summed E-state index contributed by atoms with van der Waals surface area (Å²) in [6.45, 7) is 2.18. The lowest BCUT2D eigenvalue weighted by molar-refractivity contribution is -0.144. The van der Waals surface area contributed by atoms with Gasteiger partial charge in [0.2, 0.25) is 17.7 Å². The van der Waals surface area contributed by atoms with E-state index in [1.165, 1.54) is 38.5 Å². The third-order valence-electron chi connectivity index (χ3n) is 6.86. The molecule has 246 valence electrons. The lowest BCUT2D eigenvalue weighted by Gasteiger charge is -2.22. The zero-order chi connectivity index (χ0) is 32.6. The van der Waals surface area contributed by atoms with Crippen molar-refractivity contribution in [3.8, 4) is 0 Å². The Labute approximate surface area is 252 Å². The third kappa shape index (κ3) is 21.6. The van der Waals surface area contributed by atoms with E-state index in [9.17, 15) is 43.8 Å². The molecule has 0 unspecified atom stereocenters. The van der Waals surface area contributed by atoms with Crippen molar-refractivity contribution < 1.29 is 54.0 Å². The Morgan fingerprint density at radius 1 is 0.465 bits per heavy atom. The van der Waals surface area contributed by atoms with Crippen LogP contribution in [0.2, 0.25) is 0 Å². The Bertz CT molecular complexity index is 910. The lowest BCUT2D eigenvalue weighted by atomic mass is 10.0. The zero-order valence-electron chi connectivity index (χ0n) is 25.1. The average Bonchev–Trinajstić information content (AvgIpc) is 2.93. The average molecular weight is 616 g/mol. The van der Waals surface area contributed by atoms with Crippen LogP contribution in [0.5, 0.6) is 0 Å². The Balaban J connectivity index is 5.00. The molecule has 3 amide bonds. The molecule has 0 fully saturated rings. The monoisotopic (exact) mass is 615 g/mol. The molecule has 0 saturated carbocycles. The summed E-state index contributed by atoms with van der Waals surface area (Å²) in [4.78, 5) is 82.4. The van der Waals surface area contributed by atoms with Crippen molar-refractivity contribution in [1.82, 2.24) is 16.0 Å². The summed E-state index contributed by atoms with van der Waals surface area (Å²) in [6.07, 6.45) is 9.53. The van der Waals surface area contributed by atoms with Gasteiger partial charge in [-0.3, -0.25) is 24.0 Å². The van der Waals surface area contributed by atoms with Crippen molar-refractivity contribution in [2.24, 2.45) is 0 Å². The molecule has 0 aliphatic heterocycles. The van der Waals surface area contributed by atoms with Gasteiger partial charge in [-0.15, -0.1) is 0 Å². The summed E-state index contributed by atoms with van der Waals surface area (Å²) >= 11 is 0. The molecule has 0 aliphatic rings. The summed E-state index contributed by atoms with van der Waals surface area (Å²) in [6, 6.07) is -4.37. The minimum absolute atomic E-state index is 0.102. The van der Waals surface area contributed by atoms with Crippen LogP contribution in [0.3, 0.4) is 0 Å². The van der Waals surface area contributed by atoms with E-state index in [1.807, 2.05) is 0 Å². The number of hydrogen-bond acceptors (Lipinski definition) is 7. The van der Waals surface area contributed by atoms with Crippen LogP contribution in [0.4, 0.5) is 0 Å². The minimum Gasteiger partial charge on any atom is -0.481 e. The van der Waals surface area contributed by atoms with Gasteiger partial charge in [0, 0.05) is 25.7 Å². The van der Waals surface area contributed by atoms with Gasteiger partial charge in [-0.1, -0.05) is 71.1 Å². The van der Waals surface area contributed by atoms with Crippen LogP contribution in [-0.2, 0) is 33.6 Å². The number of rotatable bonds is 27.